The molecule has 0 fully saturated rings. The molecule has 0 saturated carbocycles. The van der Waals surface area contributed by atoms with E-state index in [1.165, 1.54) is 12.1 Å². The Labute approximate surface area is 138 Å². The van der Waals surface area contributed by atoms with Gasteiger partial charge in [0, 0.05) is 28.4 Å². The van der Waals surface area contributed by atoms with Crippen LogP contribution in [0.25, 0.3) is 10.9 Å². The van der Waals surface area contributed by atoms with Crippen LogP contribution >= 0.6 is 0 Å². The van der Waals surface area contributed by atoms with E-state index in [0.29, 0.717) is 22.8 Å². The van der Waals surface area contributed by atoms with Gasteiger partial charge in [0.2, 0.25) is 5.91 Å². The monoisotopic (exact) mass is 324 g/mol. The molecule has 1 heterocycles. The maximum Gasteiger partial charge on any atom is 0.247 e. The van der Waals surface area contributed by atoms with Crippen molar-refractivity contribution in [1.82, 2.24) is 4.57 Å². The molecule has 1 aromatic heterocycles. The number of hydrogen-bond acceptors (Lipinski definition) is 2. The molecule has 0 bridgehead atoms. The molecule has 1 atom stereocenters. The number of amides is 1. The van der Waals surface area contributed by atoms with Gasteiger partial charge in [0.1, 0.15) is 11.9 Å². The van der Waals surface area contributed by atoms with Gasteiger partial charge in [0.25, 0.3) is 0 Å². The first-order valence-corrected chi connectivity index (χ1v) is 7.63. The predicted octanol–water partition coefficient (Wildman–Crippen LogP) is 4.10. The number of carbonyl (C=O) groups excluding carboxylic acids is 2. The molecule has 4 nitrogen and oxygen atoms in total. The van der Waals surface area contributed by atoms with Gasteiger partial charge in [-0.15, -0.1) is 0 Å². The number of benzene rings is 2. The van der Waals surface area contributed by atoms with Crippen LogP contribution in [0.2, 0.25) is 0 Å². The first kappa shape index (κ1) is 15.9. The van der Waals surface area contributed by atoms with Crippen LogP contribution in [-0.2, 0) is 4.79 Å². The zero-order chi connectivity index (χ0) is 17.3. The van der Waals surface area contributed by atoms with Crippen LogP contribution in [0.1, 0.15) is 28.9 Å². The molecule has 122 valence electrons. The largest absolute Gasteiger partial charge is 0.335 e. The highest BCUT2D eigenvalue weighted by Gasteiger charge is 2.19. The van der Waals surface area contributed by atoms with Gasteiger partial charge in [-0.2, -0.15) is 0 Å². The van der Waals surface area contributed by atoms with E-state index in [4.69, 9.17) is 0 Å². The van der Waals surface area contributed by atoms with Crippen LogP contribution in [0.3, 0.4) is 0 Å². The third-order valence-electron chi connectivity index (χ3n) is 4.15. The summed E-state index contributed by atoms with van der Waals surface area (Å²) in [4.78, 5) is 23.8. The number of nitrogens with zero attached hydrogens (tertiary/aromatic N) is 1. The number of aryl methyl sites for hydroxylation is 1. The fourth-order valence-corrected chi connectivity index (χ4v) is 2.74. The van der Waals surface area contributed by atoms with Crippen molar-refractivity contribution in [2.75, 3.05) is 5.32 Å². The van der Waals surface area contributed by atoms with Gasteiger partial charge in [-0.3, -0.25) is 9.59 Å². The summed E-state index contributed by atoms with van der Waals surface area (Å²) in [6, 6.07) is 11.2. The second-order valence-corrected chi connectivity index (χ2v) is 5.75. The fraction of sp³-hybridized carbons (Fsp3) is 0.158. The molecule has 0 spiro atoms. The van der Waals surface area contributed by atoms with E-state index in [1.54, 1.807) is 23.8 Å². The maximum absolute atomic E-state index is 13.4. The highest BCUT2D eigenvalue weighted by molar-refractivity contribution is 6.00. The quantitative estimate of drug-likeness (QED) is 0.735. The predicted molar refractivity (Wildman–Crippen MR) is 91.8 cm³/mol. The number of anilines is 1. The number of halogens is 1. The second kappa shape index (κ2) is 6.28. The minimum atomic E-state index is -0.550. The Hall–Kier alpha value is -2.95. The summed E-state index contributed by atoms with van der Waals surface area (Å²) < 4.78 is 15.1. The Morgan fingerprint density at radius 1 is 1.25 bits per heavy atom. The molecule has 5 heteroatoms. The van der Waals surface area contributed by atoms with Crippen LogP contribution in [0.4, 0.5) is 10.1 Å². The van der Waals surface area contributed by atoms with Gasteiger partial charge in [-0.1, -0.05) is 18.2 Å². The number of aldehydes is 1. The number of rotatable bonds is 4. The molecular formula is C19H17FN2O2. The van der Waals surface area contributed by atoms with Crippen molar-refractivity contribution in [2.45, 2.75) is 19.9 Å². The van der Waals surface area contributed by atoms with E-state index in [2.05, 4.69) is 5.32 Å². The van der Waals surface area contributed by atoms with Crippen molar-refractivity contribution >= 4 is 28.8 Å². The molecule has 3 aromatic rings. The van der Waals surface area contributed by atoms with Crippen LogP contribution in [0.15, 0.2) is 48.7 Å². The van der Waals surface area contributed by atoms with Gasteiger partial charge in [-0.25, -0.2) is 4.39 Å². The maximum atomic E-state index is 13.4. The summed E-state index contributed by atoms with van der Waals surface area (Å²) in [6.07, 6.45) is 2.25. The molecule has 1 amide bonds. The standard InChI is InChI=1S/C19H17FN2O2/c1-12-5-3-4-6-17(12)21-19(24)13(2)22-10-14(11-23)16-9-15(20)7-8-18(16)22/h3-11,13H,1-2H3,(H,21,24). The van der Waals surface area contributed by atoms with Gasteiger partial charge >= 0.3 is 0 Å². The van der Waals surface area contributed by atoms with E-state index in [1.807, 2.05) is 31.2 Å². The second-order valence-electron chi connectivity index (χ2n) is 5.75. The van der Waals surface area contributed by atoms with Gasteiger partial charge < -0.3 is 9.88 Å². The van der Waals surface area contributed by atoms with Gasteiger partial charge in [-0.05, 0) is 43.7 Å². The van der Waals surface area contributed by atoms with Crippen LogP contribution in [-0.4, -0.2) is 16.8 Å². The van der Waals surface area contributed by atoms with Crippen molar-refractivity contribution in [3.8, 4) is 0 Å². The Balaban J connectivity index is 1.96. The third-order valence-corrected chi connectivity index (χ3v) is 4.15. The van der Waals surface area contributed by atoms with Crippen molar-refractivity contribution in [2.24, 2.45) is 0 Å². The lowest BCUT2D eigenvalue weighted by molar-refractivity contribution is -0.118. The molecule has 0 aliphatic rings. The molecule has 0 aliphatic carbocycles. The molecule has 24 heavy (non-hydrogen) atoms. The number of aromatic nitrogens is 1. The Kier molecular flexibility index (Phi) is 4.16. The first-order valence-electron chi connectivity index (χ1n) is 7.63. The summed E-state index contributed by atoms with van der Waals surface area (Å²) in [6.45, 7) is 3.66. The zero-order valence-corrected chi connectivity index (χ0v) is 13.4. The smallest absolute Gasteiger partial charge is 0.247 e. The lowest BCUT2D eigenvalue weighted by Crippen LogP contribution is -2.23. The molecule has 1 N–H and O–H groups in total. The SMILES string of the molecule is Cc1ccccc1NC(=O)C(C)n1cc(C=O)c2cc(F)ccc21. The normalized spacial score (nSPS) is 12.1. The van der Waals surface area contributed by atoms with E-state index < -0.39 is 11.9 Å². The first-order chi connectivity index (χ1) is 11.5. The van der Waals surface area contributed by atoms with E-state index >= 15 is 0 Å². The topological polar surface area (TPSA) is 51.1 Å². The number of hydrogen-bond donors (Lipinski definition) is 1. The summed E-state index contributed by atoms with van der Waals surface area (Å²) in [7, 11) is 0. The zero-order valence-electron chi connectivity index (χ0n) is 13.4. The fourth-order valence-electron chi connectivity index (χ4n) is 2.74. The molecule has 0 aliphatic heterocycles. The highest BCUT2D eigenvalue weighted by atomic mass is 19.1. The molecular weight excluding hydrogens is 307 g/mol. The third kappa shape index (κ3) is 2.80. The summed E-state index contributed by atoms with van der Waals surface area (Å²) in [5.74, 6) is -0.622. The van der Waals surface area contributed by atoms with E-state index in [9.17, 15) is 14.0 Å². The summed E-state index contributed by atoms with van der Waals surface area (Å²) in [5.41, 5.74) is 2.71. The van der Waals surface area contributed by atoms with Gasteiger partial charge in [0.15, 0.2) is 6.29 Å². The van der Waals surface area contributed by atoms with Gasteiger partial charge in [0.05, 0.1) is 0 Å². The lowest BCUT2D eigenvalue weighted by Gasteiger charge is -2.16. The van der Waals surface area contributed by atoms with Crippen LogP contribution in [0.5, 0.6) is 0 Å². The Morgan fingerprint density at radius 2 is 2.00 bits per heavy atom. The molecule has 1 unspecified atom stereocenters. The highest BCUT2D eigenvalue weighted by Crippen LogP contribution is 2.26. The minimum Gasteiger partial charge on any atom is -0.335 e. The van der Waals surface area contributed by atoms with Crippen molar-refractivity contribution in [3.05, 3.63) is 65.6 Å². The van der Waals surface area contributed by atoms with Crippen LogP contribution < -0.4 is 5.32 Å². The molecule has 0 radical (unpaired) electrons. The van der Waals surface area contributed by atoms with E-state index in [-0.39, 0.29) is 5.91 Å². The average molecular weight is 324 g/mol. The minimum absolute atomic E-state index is 0.206. The molecule has 2 aromatic carbocycles. The Morgan fingerprint density at radius 3 is 2.71 bits per heavy atom. The Bertz CT molecular complexity index is 930. The van der Waals surface area contributed by atoms with Crippen molar-refractivity contribution < 1.29 is 14.0 Å². The number of nitrogens with one attached hydrogen (secondary N) is 1. The lowest BCUT2D eigenvalue weighted by atomic mass is 10.2. The molecule has 3 rings (SSSR count). The summed E-state index contributed by atoms with van der Waals surface area (Å²) >= 11 is 0. The van der Waals surface area contributed by atoms with E-state index in [0.717, 1.165) is 11.3 Å². The van der Waals surface area contributed by atoms with Crippen molar-refractivity contribution in [3.63, 3.8) is 0 Å². The molecule has 0 saturated heterocycles. The summed E-state index contributed by atoms with van der Waals surface area (Å²) in [5, 5.41) is 3.39. The van der Waals surface area contributed by atoms with Crippen LogP contribution in [0, 0.1) is 12.7 Å². The number of fused-ring (bicyclic) bond motifs is 1. The number of para-hydroxylation sites is 1. The average Bonchev–Trinajstić information content (AvgIpc) is 2.94. The van der Waals surface area contributed by atoms with Crippen molar-refractivity contribution in [1.29, 1.82) is 0 Å². The number of carbonyl (C=O) groups is 2.